The molecule has 1 saturated carbocycles. The fourth-order valence-electron chi connectivity index (χ4n) is 3.95. The number of rotatable bonds is 10. The largest absolute Gasteiger partial charge is 0.508 e. The number of phenolic OH excluding ortho intramolecular Hbond substituents is 1. The number of aromatic hydroxyl groups is 1. The molecule has 190 valence electrons. The first-order chi connectivity index (χ1) is 15.9. The molecule has 5 unspecified atom stereocenters. The molecule has 5 atom stereocenters. The van der Waals surface area contributed by atoms with E-state index in [4.69, 9.17) is 4.74 Å². The normalized spacial score (nSPS) is 20.0. The lowest BCUT2D eigenvalue weighted by molar-refractivity contribution is -0.143. The maximum atomic E-state index is 13.8. The van der Waals surface area contributed by atoms with Gasteiger partial charge in [0.2, 0.25) is 11.8 Å². The lowest BCUT2D eigenvalue weighted by atomic mass is 10.0. The van der Waals surface area contributed by atoms with Crippen LogP contribution in [-0.4, -0.2) is 57.4 Å². The summed E-state index contributed by atoms with van der Waals surface area (Å²) in [6.07, 6.45) is 1.67. The first-order valence-electron chi connectivity index (χ1n) is 11.9. The molecule has 0 bridgehead atoms. The van der Waals surface area contributed by atoms with Gasteiger partial charge in [0.05, 0.1) is 0 Å². The van der Waals surface area contributed by atoms with E-state index in [1.54, 1.807) is 39.0 Å². The van der Waals surface area contributed by atoms with Crippen LogP contribution >= 0.6 is 12.6 Å². The topological polar surface area (TPSA) is 108 Å². The van der Waals surface area contributed by atoms with E-state index in [1.807, 2.05) is 20.8 Å². The van der Waals surface area contributed by atoms with E-state index in [0.29, 0.717) is 5.56 Å². The van der Waals surface area contributed by atoms with Gasteiger partial charge in [0.1, 0.15) is 23.4 Å². The summed E-state index contributed by atoms with van der Waals surface area (Å²) in [6, 6.07) is 4.19. The summed E-state index contributed by atoms with van der Waals surface area (Å²) in [6.45, 7) is 11.1. The van der Waals surface area contributed by atoms with Crippen molar-refractivity contribution in [1.82, 2.24) is 15.5 Å². The van der Waals surface area contributed by atoms with Crippen molar-refractivity contribution in [2.45, 2.75) is 90.6 Å². The second-order valence-corrected chi connectivity index (χ2v) is 10.4. The van der Waals surface area contributed by atoms with Gasteiger partial charge in [-0.1, -0.05) is 38.5 Å². The Kier molecular flexibility index (Phi) is 9.67. The Bertz CT molecular complexity index is 872. The highest BCUT2D eigenvalue weighted by atomic mass is 32.1. The van der Waals surface area contributed by atoms with Gasteiger partial charge >= 0.3 is 6.09 Å². The first kappa shape index (κ1) is 27.8. The van der Waals surface area contributed by atoms with Crippen molar-refractivity contribution >= 4 is 30.5 Å². The molecule has 1 aliphatic carbocycles. The van der Waals surface area contributed by atoms with E-state index >= 15 is 0 Å². The van der Waals surface area contributed by atoms with Crippen LogP contribution in [0.5, 0.6) is 5.75 Å². The number of para-hydroxylation sites is 1. The number of hydrogen-bond acceptors (Lipinski definition) is 6. The highest BCUT2D eigenvalue weighted by molar-refractivity contribution is 7.80. The van der Waals surface area contributed by atoms with Gasteiger partial charge in [-0.25, -0.2) is 4.79 Å². The molecular formula is C25H39N3O5S. The number of ether oxygens (including phenoxy) is 1. The first-order valence-corrected chi connectivity index (χ1v) is 12.5. The summed E-state index contributed by atoms with van der Waals surface area (Å²) >= 11 is 4.29. The standard InChI is InChI=1S/C25H39N3O5S/c1-7-10-16(3)26-22(30)21(17-11-8-9-12-20(17)29)28(19-13-15(19)2)23(31)18(14-34)27-24(32)33-25(4,5)6/h8-9,11-12,15-16,18-19,21,29,34H,7,10,13-14H2,1-6H3,(H,26,30)(H,27,32). The Labute approximate surface area is 208 Å². The average molecular weight is 494 g/mol. The van der Waals surface area contributed by atoms with Gasteiger partial charge in [0.25, 0.3) is 0 Å². The predicted molar refractivity (Wildman–Crippen MR) is 135 cm³/mol. The third kappa shape index (κ3) is 7.55. The molecule has 0 saturated heterocycles. The summed E-state index contributed by atoms with van der Waals surface area (Å²) in [5, 5.41) is 16.2. The molecule has 0 spiro atoms. The van der Waals surface area contributed by atoms with E-state index in [9.17, 15) is 19.5 Å². The summed E-state index contributed by atoms with van der Waals surface area (Å²) in [7, 11) is 0. The van der Waals surface area contributed by atoms with E-state index < -0.39 is 29.7 Å². The zero-order valence-electron chi connectivity index (χ0n) is 21.0. The number of carbonyl (C=O) groups excluding carboxylic acids is 3. The quantitative estimate of drug-likeness (QED) is 0.371. The second kappa shape index (κ2) is 11.8. The molecule has 0 heterocycles. The van der Waals surface area contributed by atoms with Gasteiger partial charge in [-0.3, -0.25) is 9.59 Å². The second-order valence-electron chi connectivity index (χ2n) is 10.1. The molecule has 1 aliphatic rings. The van der Waals surface area contributed by atoms with Crippen LogP contribution in [0.25, 0.3) is 0 Å². The maximum absolute atomic E-state index is 13.8. The van der Waals surface area contributed by atoms with Crippen LogP contribution in [0.3, 0.4) is 0 Å². The molecule has 8 nitrogen and oxygen atoms in total. The van der Waals surface area contributed by atoms with Gasteiger partial charge in [-0.2, -0.15) is 12.6 Å². The molecule has 0 radical (unpaired) electrons. The monoisotopic (exact) mass is 493 g/mol. The minimum absolute atomic E-state index is 0.0248. The maximum Gasteiger partial charge on any atom is 0.408 e. The van der Waals surface area contributed by atoms with Crippen molar-refractivity contribution < 1.29 is 24.2 Å². The van der Waals surface area contributed by atoms with E-state index in [-0.39, 0.29) is 35.4 Å². The van der Waals surface area contributed by atoms with Crippen molar-refractivity contribution in [2.75, 3.05) is 5.75 Å². The van der Waals surface area contributed by atoms with Gasteiger partial charge in [-0.15, -0.1) is 0 Å². The number of nitrogens with zero attached hydrogens (tertiary/aromatic N) is 1. The molecule has 3 N–H and O–H groups in total. The van der Waals surface area contributed by atoms with Crippen LogP contribution in [0.1, 0.15) is 72.4 Å². The van der Waals surface area contributed by atoms with Crippen molar-refractivity contribution in [1.29, 1.82) is 0 Å². The number of nitrogens with one attached hydrogen (secondary N) is 2. The van der Waals surface area contributed by atoms with Gasteiger partial charge in [0.15, 0.2) is 0 Å². The van der Waals surface area contributed by atoms with Crippen molar-refractivity contribution in [2.24, 2.45) is 5.92 Å². The highest BCUT2D eigenvalue weighted by Crippen LogP contribution is 2.42. The van der Waals surface area contributed by atoms with E-state index in [2.05, 4.69) is 23.3 Å². The number of phenols is 1. The van der Waals surface area contributed by atoms with Crippen LogP contribution in [0, 0.1) is 5.92 Å². The molecule has 1 aromatic rings. The zero-order valence-corrected chi connectivity index (χ0v) is 21.9. The smallest absolute Gasteiger partial charge is 0.408 e. The Balaban J connectivity index is 2.43. The number of thiol groups is 1. The molecule has 2 rings (SSSR count). The Hall–Kier alpha value is -2.42. The molecular weight excluding hydrogens is 454 g/mol. The molecule has 1 aromatic carbocycles. The average Bonchev–Trinajstić information content (AvgIpc) is 3.45. The fourth-order valence-corrected chi connectivity index (χ4v) is 4.20. The predicted octanol–water partition coefficient (Wildman–Crippen LogP) is 3.80. The Morgan fingerprint density at radius 1 is 1.24 bits per heavy atom. The number of benzene rings is 1. The number of amides is 3. The molecule has 0 aliphatic heterocycles. The summed E-state index contributed by atoms with van der Waals surface area (Å²) in [4.78, 5) is 41.2. The Morgan fingerprint density at radius 3 is 2.35 bits per heavy atom. The third-order valence-electron chi connectivity index (χ3n) is 5.72. The summed E-state index contributed by atoms with van der Waals surface area (Å²) in [5.41, 5.74) is -0.390. The number of alkyl carbamates (subject to hydrolysis) is 1. The van der Waals surface area contributed by atoms with Crippen LogP contribution in [0.15, 0.2) is 24.3 Å². The molecule has 0 aromatic heterocycles. The van der Waals surface area contributed by atoms with Gasteiger partial charge in [-0.05, 0) is 52.5 Å². The van der Waals surface area contributed by atoms with Crippen LogP contribution in [-0.2, 0) is 14.3 Å². The van der Waals surface area contributed by atoms with Crippen LogP contribution < -0.4 is 10.6 Å². The van der Waals surface area contributed by atoms with Crippen LogP contribution in [0.2, 0.25) is 0 Å². The van der Waals surface area contributed by atoms with Gasteiger partial charge in [0, 0.05) is 23.4 Å². The molecule has 34 heavy (non-hydrogen) atoms. The lowest BCUT2D eigenvalue weighted by Gasteiger charge is -2.35. The number of hydrogen-bond donors (Lipinski definition) is 4. The van der Waals surface area contributed by atoms with Crippen LogP contribution in [0.4, 0.5) is 4.79 Å². The zero-order chi connectivity index (χ0) is 25.6. The van der Waals surface area contributed by atoms with Crippen molar-refractivity contribution in [3.05, 3.63) is 29.8 Å². The van der Waals surface area contributed by atoms with Crippen molar-refractivity contribution in [3.63, 3.8) is 0 Å². The third-order valence-corrected chi connectivity index (χ3v) is 6.08. The molecule has 9 heteroatoms. The van der Waals surface area contributed by atoms with E-state index in [0.717, 1.165) is 19.3 Å². The fraction of sp³-hybridized carbons (Fsp3) is 0.640. The summed E-state index contributed by atoms with van der Waals surface area (Å²) < 4.78 is 5.31. The molecule has 1 fully saturated rings. The minimum atomic E-state index is -1.05. The lowest BCUT2D eigenvalue weighted by Crippen LogP contribution is -2.55. The van der Waals surface area contributed by atoms with Crippen molar-refractivity contribution in [3.8, 4) is 5.75 Å². The highest BCUT2D eigenvalue weighted by Gasteiger charge is 2.48. The Morgan fingerprint density at radius 2 is 1.85 bits per heavy atom. The van der Waals surface area contributed by atoms with Gasteiger partial charge < -0.3 is 25.4 Å². The summed E-state index contributed by atoms with van der Waals surface area (Å²) in [5.74, 6) is -0.677. The number of carbonyl (C=O) groups is 3. The minimum Gasteiger partial charge on any atom is -0.508 e. The molecule has 3 amide bonds. The van der Waals surface area contributed by atoms with E-state index in [1.165, 1.54) is 11.0 Å². The SMILES string of the molecule is CCCC(C)NC(=O)C(c1ccccc1O)N(C(=O)C(CS)NC(=O)OC(C)(C)C)C1CC1C.